The Labute approximate surface area is 55.6 Å². The zero-order valence-corrected chi connectivity index (χ0v) is 5.27. The van der Waals surface area contributed by atoms with Gasteiger partial charge in [0.2, 0.25) is 0 Å². The summed E-state index contributed by atoms with van der Waals surface area (Å²) in [7, 11) is 0. The van der Waals surface area contributed by atoms with Crippen molar-refractivity contribution in [2.24, 2.45) is 5.73 Å². The highest BCUT2D eigenvalue weighted by Crippen LogP contribution is 2.07. The van der Waals surface area contributed by atoms with Gasteiger partial charge in [0.15, 0.2) is 10.3 Å². The average molecular weight is 143 g/mol. The van der Waals surface area contributed by atoms with Crippen LogP contribution in [-0.2, 0) is 0 Å². The second-order valence-corrected chi connectivity index (χ2v) is 2.29. The summed E-state index contributed by atoms with van der Waals surface area (Å²) < 4.78 is 0. The Kier molecular flexibility index (Phi) is 1.69. The van der Waals surface area contributed by atoms with Crippen molar-refractivity contribution in [1.29, 1.82) is 5.41 Å². The Hall–Kier alpha value is -1.04. The van der Waals surface area contributed by atoms with Crippen molar-refractivity contribution in [1.82, 2.24) is 15.2 Å². The van der Waals surface area contributed by atoms with Gasteiger partial charge in [-0.3, -0.25) is 10.5 Å². The molecule has 0 fully saturated rings. The lowest BCUT2D eigenvalue weighted by atomic mass is 11.3. The number of nitrogens with two attached hydrogens (primary N) is 1. The van der Waals surface area contributed by atoms with E-state index in [2.05, 4.69) is 15.2 Å². The van der Waals surface area contributed by atoms with E-state index in [0.717, 1.165) is 11.8 Å². The first kappa shape index (κ1) is 6.09. The molecule has 1 rings (SSSR count). The molecule has 0 atom stereocenters. The predicted octanol–water partition coefficient (Wildman–Crippen LogP) is -0.210. The number of hydrogen-bond donors (Lipinski definition) is 3. The fourth-order valence-electron chi connectivity index (χ4n) is 0.348. The van der Waals surface area contributed by atoms with Crippen molar-refractivity contribution in [3.05, 3.63) is 6.33 Å². The summed E-state index contributed by atoms with van der Waals surface area (Å²) in [6, 6.07) is 0. The molecule has 0 radical (unpaired) electrons. The molecule has 5 nitrogen and oxygen atoms in total. The molecule has 1 aromatic heterocycles. The maximum absolute atomic E-state index is 6.82. The Morgan fingerprint density at radius 2 is 2.67 bits per heavy atom. The van der Waals surface area contributed by atoms with Crippen molar-refractivity contribution >= 4 is 16.9 Å². The zero-order chi connectivity index (χ0) is 6.69. The molecule has 0 amide bonds. The largest absolute Gasteiger partial charge is 0.378 e. The zero-order valence-electron chi connectivity index (χ0n) is 4.46. The number of thioether (sulfide) groups is 1. The van der Waals surface area contributed by atoms with Crippen molar-refractivity contribution in [2.75, 3.05) is 0 Å². The smallest absolute Gasteiger partial charge is 0.191 e. The third kappa shape index (κ3) is 1.73. The van der Waals surface area contributed by atoms with Gasteiger partial charge in [0.1, 0.15) is 6.33 Å². The number of H-pyrrole nitrogens is 1. The quantitative estimate of drug-likeness (QED) is 0.288. The van der Waals surface area contributed by atoms with Crippen LogP contribution in [0.3, 0.4) is 0 Å². The Morgan fingerprint density at radius 3 is 3.11 bits per heavy atom. The lowest BCUT2D eigenvalue weighted by molar-refractivity contribution is 0.977. The van der Waals surface area contributed by atoms with Crippen molar-refractivity contribution in [2.45, 2.75) is 5.16 Å². The maximum atomic E-state index is 6.82. The van der Waals surface area contributed by atoms with Gasteiger partial charge in [-0.25, -0.2) is 4.98 Å². The third-order valence-corrected chi connectivity index (χ3v) is 1.21. The van der Waals surface area contributed by atoms with Gasteiger partial charge in [0.25, 0.3) is 0 Å². The molecule has 1 aromatic rings. The summed E-state index contributed by atoms with van der Waals surface area (Å²) in [5.74, 6) is 0. The Morgan fingerprint density at radius 1 is 1.89 bits per heavy atom. The molecule has 4 N–H and O–H groups in total. The van der Waals surface area contributed by atoms with Crippen molar-refractivity contribution in [3.63, 3.8) is 0 Å². The normalized spacial score (nSPS) is 9.33. The first-order valence-electron chi connectivity index (χ1n) is 2.16. The average Bonchev–Trinajstić information content (AvgIpc) is 2.15. The van der Waals surface area contributed by atoms with Crippen LogP contribution >= 0.6 is 11.8 Å². The van der Waals surface area contributed by atoms with Crippen molar-refractivity contribution < 1.29 is 0 Å². The number of aromatic amines is 1. The van der Waals surface area contributed by atoms with Crippen molar-refractivity contribution in [3.8, 4) is 0 Å². The van der Waals surface area contributed by atoms with Crippen LogP contribution < -0.4 is 5.73 Å². The molecule has 0 unspecified atom stereocenters. The molecule has 0 aliphatic heterocycles. The summed E-state index contributed by atoms with van der Waals surface area (Å²) in [5.41, 5.74) is 5.04. The van der Waals surface area contributed by atoms with Crippen LogP contribution in [0.5, 0.6) is 0 Å². The fraction of sp³-hybridized carbons (Fsp3) is 0. The van der Waals surface area contributed by atoms with Gasteiger partial charge in [0, 0.05) is 0 Å². The maximum Gasteiger partial charge on any atom is 0.191 e. The molecule has 0 bridgehead atoms. The lowest BCUT2D eigenvalue weighted by Gasteiger charge is -1.87. The minimum atomic E-state index is 0.00625. The standard InChI is InChI=1S/C3H5N5S/c4-2(5)9-3-6-1-7-8-3/h1H,(H3,4,5)(H,6,7,8). The molecule has 6 heteroatoms. The summed E-state index contributed by atoms with van der Waals surface area (Å²) in [6.07, 6.45) is 1.37. The monoisotopic (exact) mass is 143 g/mol. The van der Waals surface area contributed by atoms with E-state index < -0.39 is 0 Å². The van der Waals surface area contributed by atoms with Gasteiger partial charge < -0.3 is 5.73 Å². The number of hydrogen-bond acceptors (Lipinski definition) is 4. The van der Waals surface area contributed by atoms with Gasteiger partial charge in [-0.1, -0.05) is 0 Å². The van der Waals surface area contributed by atoms with E-state index in [1.165, 1.54) is 6.33 Å². The van der Waals surface area contributed by atoms with Crippen LogP contribution in [0.15, 0.2) is 11.5 Å². The van der Waals surface area contributed by atoms with Gasteiger partial charge in [0.05, 0.1) is 0 Å². The molecule has 0 saturated carbocycles. The van der Waals surface area contributed by atoms with E-state index in [0.29, 0.717) is 5.16 Å². The molecule has 0 spiro atoms. The van der Waals surface area contributed by atoms with Crippen LogP contribution in [0, 0.1) is 5.41 Å². The van der Waals surface area contributed by atoms with Gasteiger partial charge in [-0.2, -0.15) is 5.10 Å². The number of nitrogens with one attached hydrogen (secondary N) is 2. The van der Waals surface area contributed by atoms with Crippen LogP contribution in [0.2, 0.25) is 0 Å². The summed E-state index contributed by atoms with van der Waals surface area (Å²) in [5, 5.41) is 13.5. The highest BCUT2D eigenvalue weighted by molar-refractivity contribution is 8.13. The van der Waals surface area contributed by atoms with E-state index >= 15 is 0 Å². The van der Waals surface area contributed by atoms with Crippen LogP contribution in [0.25, 0.3) is 0 Å². The highest BCUT2D eigenvalue weighted by Gasteiger charge is 1.95. The second-order valence-electron chi connectivity index (χ2n) is 1.26. The molecule has 9 heavy (non-hydrogen) atoms. The number of rotatable bonds is 1. The molecule has 0 aliphatic rings. The number of amidine groups is 1. The fourth-order valence-corrected chi connectivity index (χ4v) is 0.754. The predicted molar refractivity (Wildman–Crippen MR) is 34.2 cm³/mol. The molecule has 0 saturated heterocycles. The number of nitrogens with zero attached hydrogens (tertiary/aromatic N) is 2. The van der Waals surface area contributed by atoms with Gasteiger partial charge in [-0.15, -0.1) is 0 Å². The first-order valence-corrected chi connectivity index (χ1v) is 2.98. The van der Waals surface area contributed by atoms with Crippen LogP contribution in [0.4, 0.5) is 0 Å². The SMILES string of the molecule is N=C(N)Sc1ncn[nH]1. The molecule has 0 aliphatic carbocycles. The molecule has 0 aromatic carbocycles. The Balaban J connectivity index is 2.58. The summed E-state index contributed by atoms with van der Waals surface area (Å²) in [4.78, 5) is 3.73. The van der Waals surface area contributed by atoms with Crippen LogP contribution in [0.1, 0.15) is 0 Å². The molecule has 48 valence electrons. The second kappa shape index (κ2) is 2.49. The molecular formula is C3H5N5S. The highest BCUT2D eigenvalue weighted by atomic mass is 32.2. The van der Waals surface area contributed by atoms with Gasteiger partial charge >= 0.3 is 0 Å². The third-order valence-electron chi connectivity index (χ3n) is 0.600. The van der Waals surface area contributed by atoms with E-state index in [1.807, 2.05) is 0 Å². The van der Waals surface area contributed by atoms with E-state index in [4.69, 9.17) is 11.1 Å². The van der Waals surface area contributed by atoms with E-state index in [-0.39, 0.29) is 5.17 Å². The van der Waals surface area contributed by atoms with E-state index in [9.17, 15) is 0 Å². The van der Waals surface area contributed by atoms with Crippen LogP contribution in [-0.4, -0.2) is 20.3 Å². The molecular weight excluding hydrogens is 138 g/mol. The first-order chi connectivity index (χ1) is 4.29. The molecule has 1 heterocycles. The van der Waals surface area contributed by atoms with E-state index in [1.54, 1.807) is 0 Å². The minimum absolute atomic E-state index is 0.00625. The summed E-state index contributed by atoms with van der Waals surface area (Å²) >= 11 is 1.04. The lowest BCUT2D eigenvalue weighted by Crippen LogP contribution is -2.03. The minimum Gasteiger partial charge on any atom is -0.378 e. The Bertz CT molecular complexity index is 192. The topological polar surface area (TPSA) is 91.4 Å². The summed E-state index contributed by atoms with van der Waals surface area (Å²) in [6.45, 7) is 0. The van der Waals surface area contributed by atoms with Gasteiger partial charge in [-0.05, 0) is 11.8 Å². The number of aromatic nitrogens is 3.